The van der Waals surface area contributed by atoms with Crippen LogP contribution in [0.1, 0.15) is 26.7 Å². The third-order valence-electron chi connectivity index (χ3n) is 4.41. The minimum absolute atomic E-state index is 0.0400. The molecule has 2 saturated carbocycles. The van der Waals surface area contributed by atoms with Crippen molar-refractivity contribution in [3.63, 3.8) is 0 Å². The maximum Gasteiger partial charge on any atom is 0.187 e. The molecule has 1 N–H and O–H groups in total. The molecule has 0 heterocycles. The van der Waals surface area contributed by atoms with Gasteiger partial charge in [0.1, 0.15) is 5.71 Å². The Morgan fingerprint density at radius 3 is 2.64 bits per heavy atom. The molecular weight excluding hydrogens is 246 g/mol. The third-order valence-corrected chi connectivity index (χ3v) is 5.58. The van der Waals surface area contributed by atoms with E-state index in [1.54, 1.807) is 0 Å². The lowest BCUT2D eigenvalue weighted by Gasteiger charge is -2.33. The molecule has 0 aromatic heterocycles. The molecule has 0 aromatic rings. The summed E-state index contributed by atoms with van der Waals surface area (Å²) >= 11 is 3.48. The van der Waals surface area contributed by atoms with E-state index in [4.69, 9.17) is 5.21 Å². The van der Waals surface area contributed by atoms with E-state index in [0.717, 1.165) is 18.2 Å². The van der Waals surface area contributed by atoms with Crippen LogP contribution in [0, 0.1) is 16.7 Å². The average Bonchev–Trinajstić information content (AvgIpc) is 2.52. The molecule has 0 spiro atoms. The van der Waals surface area contributed by atoms with Crippen LogP contribution in [0.3, 0.4) is 0 Å². The predicted octanol–water partition coefficient (Wildman–Crippen LogP) is 2.22. The molecule has 0 radical (unpaired) electrons. The van der Waals surface area contributed by atoms with E-state index in [0.29, 0.717) is 5.71 Å². The summed E-state index contributed by atoms with van der Waals surface area (Å²) < 4.78 is 0. The van der Waals surface area contributed by atoms with Crippen molar-refractivity contribution < 1.29 is 10.0 Å². The van der Waals surface area contributed by atoms with Crippen molar-refractivity contribution in [2.75, 3.05) is 5.33 Å². The zero-order valence-corrected chi connectivity index (χ0v) is 9.97. The normalized spacial score (nSPS) is 49.2. The fraction of sp³-hybridized carbons (Fsp3) is 0.800. The monoisotopic (exact) mass is 259 g/mol. The number of fused-ring (bicyclic) bond motifs is 2. The van der Waals surface area contributed by atoms with Crippen molar-refractivity contribution in [1.29, 1.82) is 0 Å². The predicted molar refractivity (Wildman–Crippen MR) is 57.0 cm³/mol. The standard InChI is InChI=1S/C10H14BrNO2/c1-9-4-3-6(10(9,2)5-11)7(12-14)8(9)13/h6,14H,3-5H2,1-2H3/b12-7+/t6-,9+,10-/m1/s1. The second-order valence-electron chi connectivity index (χ2n) is 4.79. The molecule has 0 amide bonds. The van der Waals surface area contributed by atoms with E-state index in [9.17, 15) is 4.79 Å². The first-order chi connectivity index (χ1) is 6.51. The van der Waals surface area contributed by atoms with Gasteiger partial charge in [0, 0.05) is 16.7 Å². The molecule has 78 valence electrons. The molecule has 4 heteroatoms. The number of halogens is 1. The molecule has 14 heavy (non-hydrogen) atoms. The molecule has 2 rings (SSSR count). The maximum absolute atomic E-state index is 12.0. The van der Waals surface area contributed by atoms with Gasteiger partial charge < -0.3 is 5.21 Å². The number of oxime groups is 1. The van der Waals surface area contributed by atoms with Crippen molar-refractivity contribution >= 4 is 27.4 Å². The first kappa shape index (κ1) is 10.1. The van der Waals surface area contributed by atoms with Crippen LogP contribution in [0.15, 0.2) is 5.16 Å². The van der Waals surface area contributed by atoms with Gasteiger partial charge in [-0.05, 0) is 18.3 Å². The van der Waals surface area contributed by atoms with Crippen LogP contribution in [-0.4, -0.2) is 22.0 Å². The van der Waals surface area contributed by atoms with Crippen LogP contribution >= 0.6 is 15.9 Å². The molecule has 2 aliphatic carbocycles. The summed E-state index contributed by atoms with van der Waals surface area (Å²) in [6, 6.07) is 0. The Bertz CT molecular complexity index is 328. The van der Waals surface area contributed by atoms with Crippen molar-refractivity contribution in [2.24, 2.45) is 21.9 Å². The highest BCUT2D eigenvalue weighted by Crippen LogP contribution is 2.63. The number of carbonyl (C=O) groups is 1. The van der Waals surface area contributed by atoms with Gasteiger partial charge in [-0.1, -0.05) is 34.9 Å². The maximum atomic E-state index is 12.0. The Labute approximate surface area is 91.7 Å². The summed E-state index contributed by atoms with van der Waals surface area (Å²) in [5.41, 5.74) is -0.0188. The smallest absolute Gasteiger partial charge is 0.187 e. The summed E-state index contributed by atoms with van der Waals surface area (Å²) in [5.74, 6) is 0.169. The number of nitrogens with zero attached hydrogens (tertiary/aromatic N) is 1. The number of ketones is 1. The molecule has 3 atom stereocenters. The van der Waals surface area contributed by atoms with Gasteiger partial charge in [-0.2, -0.15) is 0 Å². The Morgan fingerprint density at radius 1 is 1.64 bits per heavy atom. The number of carbonyl (C=O) groups excluding carboxylic acids is 1. The molecule has 0 saturated heterocycles. The third kappa shape index (κ3) is 0.835. The molecule has 2 fully saturated rings. The molecule has 0 unspecified atom stereocenters. The number of Topliss-reactive ketones (excluding diaryl/α,β-unsaturated/α-hetero) is 1. The largest absolute Gasteiger partial charge is 0.411 e. The Morgan fingerprint density at radius 2 is 2.29 bits per heavy atom. The van der Waals surface area contributed by atoms with Gasteiger partial charge in [0.05, 0.1) is 0 Å². The highest BCUT2D eigenvalue weighted by Gasteiger charge is 2.67. The second kappa shape index (κ2) is 2.81. The van der Waals surface area contributed by atoms with Crippen LogP contribution < -0.4 is 0 Å². The summed E-state index contributed by atoms with van der Waals surface area (Å²) in [5, 5.41) is 12.8. The first-order valence-electron chi connectivity index (χ1n) is 4.84. The van der Waals surface area contributed by atoms with Gasteiger partial charge in [-0.15, -0.1) is 0 Å². The molecular formula is C10H14BrNO2. The summed E-state index contributed by atoms with van der Waals surface area (Å²) in [6.07, 6.45) is 1.88. The summed E-state index contributed by atoms with van der Waals surface area (Å²) in [7, 11) is 0. The van der Waals surface area contributed by atoms with Crippen LogP contribution in [0.25, 0.3) is 0 Å². The van der Waals surface area contributed by atoms with Crippen molar-refractivity contribution in [3.8, 4) is 0 Å². The zero-order valence-electron chi connectivity index (χ0n) is 8.38. The highest BCUT2D eigenvalue weighted by molar-refractivity contribution is 9.09. The van der Waals surface area contributed by atoms with Crippen LogP contribution in [0.2, 0.25) is 0 Å². The topological polar surface area (TPSA) is 49.7 Å². The van der Waals surface area contributed by atoms with E-state index in [1.165, 1.54) is 0 Å². The Kier molecular flexibility index (Phi) is 2.04. The number of hydrogen-bond donors (Lipinski definition) is 1. The van der Waals surface area contributed by atoms with Crippen LogP contribution in [0.4, 0.5) is 0 Å². The summed E-state index contributed by atoms with van der Waals surface area (Å²) in [4.78, 5) is 12.0. The molecule has 3 nitrogen and oxygen atoms in total. The van der Waals surface area contributed by atoms with Gasteiger partial charge in [0.2, 0.25) is 0 Å². The fourth-order valence-corrected chi connectivity index (χ4v) is 4.04. The van der Waals surface area contributed by atoms with E-state index in [2.05, 4.69) is 28.0 Å². The van der Waals surface area contributed by atoms with Crippen LogP contribution in [-0.2, 0) is 4.79 Å². The zero-order chi connectivity index (χ0) is 10.6. The number of hydrogen-bond acceptors (Lipinski definition) is 3. The second-order valence-corrected chi connectivity index (χ2v) is 5.35. The van der Waals surface area contributed by atoms with E-state index < -0.39 is 0 Å². The SMILES string of the molecule is C[C@]12CC[C@H](/C(=N\O)C1=O)[C@@]2(C)CBr. The fourth-order valence-electron chi connectivity index (χ4n) is 3.03. The lowest BCUT2D eigenvalue weighted by atomic mass is 9.70. The van der Waals surface area contributed by atoms with Gasteiger partial charge in [-0.25, -0.2) is 0 Å². The van der Waals surface area contributed by atoms with Gasteiger partial charge >= 0.3 is 0 Å². The minimum atomic E-state index is -0.331. The van der Waals surface area contributed by atoms with Crippen molar-refractivity contribution in [2.45, 2.75) is 26.7 Å². The molecule has 0 aromatic carbocycles. The quantitative estimate of drug-likeness (QED) is 0.446. The average molecular weight is 260 g/mol. The van der Waals surface area contributed by atoms with Crippen molar-refractivity contribution in [3.05, 3.63) is 0 Å². The number of alkyl halides is 1. The van der Waals surface area contributed by atoms with E-state index in [-0.39, 0.29) is 22.5 Å². The lowest BCUT2D eigenvalue weighted by molar-refractivity contribution is -0.123. The van der Waals surface area contributed by atoms with E-state index >= 15 is 0 Å². The highest BCUT2D eigenvalue weighted by atomic mass is 79.9. The van der Waals surface area contributed by atoms with Gasteiger partial charge in [-0.3, -0.25) is 4.79 Å². The van der Waals surface area contributed by atoms with Gasteiger partial charge in [0.25, 0.3) is 0 Å². The van der Waals surface area contributed by atoms with E-state index in [1.807, 2.05) is 6.92 Å². The van der Waals surface area contributed by atoms with Crippen LogP contribution in [0.5, 0.6) is 0 Å². The van der Waals surface area contributed by atoms with Crippen molar-refractivity contribution in [1.82, 2.24) is 0 Å². The number of rotatable bonds is 1. The summed E-state index contributed by atoms with van der Waals surface area (Å²) in [6.45, 7) is 4.10. The first-order valence-corrected chi connectivity index (χ1v) is 5.96. The lowest BCUT2D eigenvalue weighted by Crippen LogP contribution is -2.36. The molecule has 0 aliphatic heterocycles. The molecule has 2 aliphatic rings. The Hall–Kier alpha value is -0.380. The molecule has 2 bridgehead atoms. The van der Waals surface area contributed by atoms with Gasteiger partial charge in [0.15, 0.2) is 5.78 Å². The minimum Gasteiger partial charge on any atom is -0.411 e. The Balaban J connectivity index is 2.56.